The number of fused-ring (bicyclic) bond motifs is 1. The summed E-state index contributed by atoms with van der Waals surface area (Å²) >= 11 is 0. The van der Waals surface area contributed by atoms with Crippen LogP contribution in [0.15, 0.2) is 27.4 Å². The van der Waals surface area contributed by atoms with Gasteiger partial charge in [-0.25, -0.2) is 4.79 Å². The van der Waals surface area contributed by atoms with Crippen molar-refractivity contribution in [3.8, 4) is 0 Å². The topological polar surface area (TPSA) is 66.2 Å². The summed E-state index contributed by atoms with van der Waals surface area (Å²) in [5.41, 5.74) is 1.91. The van der Waals surface area contributed by atoms with Gasteiger partial charge in [-0.15, -0.1) is 0 Å². The number of aromatic nitrogens is 1. The Morgan fingerprint density at radius 2 is 2.36 bits per heavy atom. The van der Waals surface area contributed by atoms with Gasteiger partial charge in [-0.1, -0.05) is 13.0 Å². The van der Waals surface area contributed by atoms with Gasteiger partial charge in [-0.05, 0) is 24.1 Å². The van der Waals surface area contributed by atoms with Crippen molar-refractivity contribution in [1.29, 1.82) is 0 Å². The quantitative estimate of drug-likeness (QED) is 0.760. The summed E-state index contributed by atoms with van der Waals surface area (Å²) in [7, 11) is 0. The second-order valence-electron chi connectivity index (χ2n) is 3.19. The molecule has 0 amide bonds. The Morgan fingerprint density at radius 1 is 1.57 bits per heavy atom. The van der Waals surface area contributed by atoms with Gasteiger partial charge in [0.1, 0.15) is 0 Å². The molecule has 1 heterocycles. The summed E-state index contributed by atoms with van der Waals surface area (Å²) in [4.78, 5) is 13.4. The van der Waals surface area contributed by atoms with Gasteiger partial charge in [-0.2, -0.15) is 0 Å². The number of hydrogen-bond donors (Lipinski definition) is 2. The van der Waals surface area contributed by atoms with E-state index in [1.54, 1.807) is 18.2 Å². The molecule has 0 spiro atoms. The van der Waals surface area contributed by atoms with E-state index in [-0.39, 0.29) is 0 Å². The summed E-state index contributed by atoms with van der Waals surface area (Å²) < 4.78 is 4.88. The minimum absolute atomic E-state index is 0.469. The molecule has 0 aliphatic carbocycles. The second kappa shape index (κ2) is 3.31. The lowest BCUT2D eigenvalue weighted by molar-refractivity contribution is 0.173. The predicted octanol–water partition coefficient (Wildman–Crippen LogP) is 1.56. The third-order valence-corrected chi connectivity index (χ3v) is 2.22. The number of nitrogens with one attached hydrogen (secondary N) is 1. The monoisotopic (exact) mass is 193 g/mol. The van der Waals surface area contributed by atoms with E-state index in [4.69, 9.17) is 4.42 Å². The van der Waals surface area contributed by atoms with Crippen molar-refractivity contribution in [2.75, 3.05) is 0 Å². The Kier molecular flexibility index (Phi) is 2.13. The standard InChI is InChI=1S/C10H11NO3/c1-2-8(12)6-3-4-7-9(5-6)14-10(13)11-7/h3-5,8,12H,2H2,1H3,(H,11,13)/t8-/m1/s1. The van der Waals surface area contributed by atoms with E-state index in [1.165, 1.54) is 0 Å². The van der Waals surface area contributed by atoms with Crippen LogP contribution in [0.3, 0.4) is 0 Å². The van der Waals surface area contributed by atoms with Crippen molar-refractivity contribution in [3.05, 3.63) is 34.3 Å². The number of aliphatic hydroxyl groups is 1. The molecule has 74 valence electrons. The van der Waals surface area contributed by atoms with Crippen LogP contribution in [0, 0.1) is 0 Å². The normalized spacial score (nSPS) is 13.3. The number of oxazole rings is 1. The maximum Gasteiger partial charge on any atom is 0.417 e. The first-order valence-electron chi connectivity index (χ1n) is 4.51. The summed E-state index contributed by atoms with van der Waals surface area (Å²) in [6.45, 7) is 1.89. The zero-order valence-electron chi connectivity index (χ0n) is 7.78. The molecule has 4 nitrogen and oxygen atoms in total. The Balaban J connectivity index is 2.55. The Morgan fingerprint density at radius 3 is 3.07 bits per heavy atom. The van der Waals surface area contributed by atoms with E-state index in [0.717, 1.165) is 5.56 Å². The zero-order valence-corrected chi connectivity index (χ0v) is 7.78. The van der Waals surface area contributed by atoms with Crippen LogP contribution in [0.25, 0.3) is 11.1 Å². The van der Waals surface area contributed by atoms with Gasteiger partial charge in [0.05, 0.1) is 11.6 Å². The second-order valence-corrected chi connectivity index (χ2v) is 3.19. The van der Waals surface area contributed by atoms with Gasteiger partial charge < -0.3 is 9.52 Å². The number of aliphatic hydroxyl groups excluding tert-OH is 1. The lowest BCUT2D eigenvalue weighted by Crippen LogP contribution is -1.93. The smallest absolute Gasteiger partial charge is 0.408 e. The van der Waals surface area contributed by atoms with Crippen LogP contribution in [0.5, 0.6) is 0 Å². The van der Waals surface area contributed by atoms with Crippen molar-refractivity contribution in [2.45, 2.75) is 19.4 Å². The highest BCUT2D eigenvalue weighted by Crippen LogP contribution is 2.20. The highest BCUT2D eigenvalue weighted by Gasteiger charge is 2.07. The molecule has 14 heavy (non-hydrogen) atoms. The highest BCUT2D eigenvalue weighted by atomic mass is 16.4. The van der Waals surface area contributed by atoms with Gasteiger partial charge in [0, 0.05) is 0 Å². The molecule has 0 saturated heterocycles. The van der Waals surface area contributed by atoms with Crippen LogP contribution in [0.4, 0.5) is 0 Å². The highest BCUT2D eigenvalue weighted by molar-refractivity contribution is 5.72. The van der Waals surface area contributed by atoms with Crippen molar-refractivity contribution < 1.29 is 9.52 Å². The number of aromatic amines is 1. The number of H-pyrrole nitrogens is 1. The lowest BCUT2D eigenvalue weighted by atomic mass is 10.1. The van der Waals surface area contributed by atoms with E-state index in [0.29, 0.717) is 17.5 Å². The SMILES string of the molecule is CC[C@@H](O)c1ccc2[nH]c(=O)oc2c1. The molecule has 0 aliphatic heterocycles. The maximum atomic E-state index is 10.9. The summed E-state index contributed by atoms with van der Waals surface area (Å²) in [5, 5.41) is 9.57. The first-order chi connectivity index (χ1) is 6.70. The minimum atomic E-state index is -0.500. The fourth-order valence-corrected chi connectivity index (χ4v) is 1.40. The lowest BCUT2D eigenvalue weighted by Gasteiger charge is -2.06. The Hall–Kier alpha value is -1.55. The number of benzene rings is 1. The Bertz CT molecular complexity index is 497. The molecular weight excluding hydrogens is 182 g/mol. The van der Waals surface area contributed by atoms with E-state index >= 15 is 0 Å². The van der Waals surface area contributed by atoms with Gasteiger partial charge >= 0.3 is 5.76 Å². The average molecular weight is 193 g/mol. The Labute approximate surface area is 80.2 Å². The first kappa shape index (κ1) is 9.02. The summed E-state index contributed by atoms with van der Waals surface area (Å²) in [5.74, 6) is -0.469. The molecule has 4 heteroatoms. The third kappa shape index (κ3) is 1.44. The molecule has 1 aromatic heterocycles. The largest absolute Gasteiger partial charge is 0.417 e. The van der Waals surface area contributed by atoms with Crippen LogP contribution in [0.1, 0.15) is 25.0 Å². The maximum absolute atomic E-state index is 10.9. The molecule has 2 N–H and O–H groups in total. The summed E-state index contributed by atoms with van der Waals surface area (Å²) in [6, 6.07) is 5.19. The van der Waals surface area contributed by atoms with Gasteiger partial charge in [0.2, 0.25) is 0 Å². The molecule has 0 saturated carbocycles. The predicted molar refractivity (Wildman–Crippen MR) is 52.1 cm³/mol. The fraction of sp³-hybridized carbons (Fsp3) is 0.300. The van der Waals surface area contributed by atoms with Crippen LogP contribution >= 0.6 is 0 Å². The fourth-order valence-electron chi connectivity index (χ4n) is 1.40. The minimum Gasteiger partial charge on any atom is -0.408 e. The van der Waals surface area contributed by atoms with Crippen molar-refractivity contribution in [3.63, 3.8) is 0 Å². The molecular formula is C10H11NO3. The van der Waals surface area contributed by atoms with Gasteiger partial charge in [0.25, 0.3) is 0 Å². The molecule has 0 aliphatic rings. The summed E-state index contributed by atoms with van der Waals surface area (Å²) in [6.07, 6.45) is 0.139. The first-order valence-corrected chi connectivity index (χ1v) is 4.51. The van der Waals surface area contributed by atoms with Gasteiger partial charge in [-0.3, -0.25) is 4.98 Å². The molecule has 1 aromatic carbocycles. The molecule has 0 fully saturated rings. The van der Waals surface area contributed by atoms with Crippen molar-refractivity contribution in [2.24, 2.45) is 0 Å². The molecule has 0 radical (unpaired) electrons. The zero-order chi connectivity index (χ0) is 10.1. The van der Waals surface area contributed by atoms with E-state index < -0.39 is 11.9 Å². The van der Waals surface area contributed by atoms with Crippen molar-refractivity contribution in [1.82, 2.24) is 4.98 Å². The molecule has 0 bridgehead atoms. The number of rotatable bonds is 2. The van der Waals surface area contributed by atoms with Crippen molar-refractivity contribution >= 4 is 11.1 Å². The van der Waals surface area contributed by atoms with E-state index in [9.17, 15) is 9.90 Å². The number of hydrogen-bond acceptors (Lipinski definition) is 3. The average Bonchev–Trinajstić information content (AvgIpc) is 2.55. The molecule has 2 aromatic rings. The van der Waals surface area contributed by atoms with E-state index in [1.807, 2.05) is 6.92 Å². The van der Waals surface area contributed by atoms with E-state index in [2.05, 4.69) is 4.98 Å². The van der Waals surface area contributed by atoms with Gasteiger partial charge in [0.15, 0.2) is 5.58 Å². The molecule has 2 rings (SSSR count). The molecule has 1 atom stereocenters. The van der Waals surface area contributed by atoms with Crippen LogP contribution in [-0.4, -0.2) is 10.1 Å². The molecule has 0 unspecified atom stereocenters. The van der Waals surface area contributed by atoms with Crippen LogP contribution < -0.4 is 5.76 Å². The van der Waals surface area contributed by atoms with Crippen LogP contribution in [-0.2, 0) is 0 Å². The third-order valence-electron chi connectivity index (χ3n) is 2.22. The van der Waals surface area contributed by atoms with Crippen LogP contribution in [0.2, 0.25) is 0 Å².